The van der Waals surface area contributed by atoms with Gasteiger partial charge in [-0.3, -0.25) is 0 Å². The number of thiophene rings is 1. The van der Waals surface area contributed by atoms with Crippen LogP contribution in [0.25, 0.3) is 108 Å². The van der Waals surface area contributed by atoms with Crippen molar-refractivity contribution in [1.29, 1.82) is 0 Å². The maximum absolute atomic E-state index is 8.26. The van der Waals surface area contributed by atoms with Crippen molar-refractivity contribution < 1.29 is 4.42 Å². The van der Waals surface area contributed by atoms with Crippen LogP contribution in [0, 0.1) is 6.57 Å². The summed E-state index contributed by atoms with van der Waals surface area (Å²) < 4.78 is 10.8. The Labute approximate surface area is 309 Å². The van der Waals surface area contributed by atoms with Gasteiger partial charge in [0.1, 0.15) is 11.2 Å². The lowest BCUT2D eigenvalue weighted by Crippen LogP contribution is -1.94. The van der Waals surface area contributed by atoms with Crippen LogP contribution in [0.5, 0.6) is 0 Å². The number of para-hydroxylation sites is 1. The number of nitrogens with zero attached hydrogens (tertiary/aromatic N) is 2. The Bertz CT molecular complexity index is 3190. The van der Waals surface area contributed by atoms with Gasteiger partial charge in [-0.1, -0.05) is 109 Å². The molecule has 0 amide bonds. The van der Waals surface area contributed by atoms with Crippen molar-refractivity contribution >= 4 is 80.9 Å². The Hall–Kier alpha value is -6.93. The highest BCUT2D eigenvalue weighted by Gasteiger charge is 2.20. The molecule has 8 aromatic carbocycles. The standard InChI is InChI=1S/C49H28N2OS/c1-50-42-28-35(34-19-22-37-36-15-8-9-18-46(36)52-47(37)29-34)27-41-38-16-10-17-45(49(38)53-48(41)42)51-43-23-20-32(30-11-4-2-5-12-30)25-39(43)40-26-33(21-24-44(40)51)31-13-6-3-7-14-31/h2-29H. The lowest BCUT2D eigenvalue weighted by atomic mass is 10.00. The van der Waals surface area contributed by atoms with Crippen molar-refractivity contribution in [2.24, 2.45) is 0 Å². The van der Waals surface area contributed by atoms with Crippen LogP contribution >= 0.6 is 11.3 Å². The molecule has 53 heavy (non-hydrogen) atoms. The van der Waals surface area contributed by atoms with Crippen LogP contribution in [-0.2, 0) is 0 Å². The summed E-state index contributed by atoms with van der Waals surface area (Å²) in [6.07, 6.45) is 0. The van der Waals surface area contributed by atoms with Gasteiger partial charge in [0.05, 0.1) is 28.0 Å². The molecule has 0 aliphatic heterocycles. The van der Waals surface area contributed by atoms with Gasteiger partial charge in [-0.25, -0.2) is 4.85 Å². The van der Waals surface area contributed by atoms with Crippen LogP contribution in [0.4, 0.5) is 5.69 Å². The molecule has 0 bridgehead atoms. The molecule has 3 aromatic heterocycles. The molecule has 3 heterocycles. The van der Waals surface area contributed by atoms with Crippen molar-refractivity contribution in [3.05, 3.63) is 181 Å². The highest BCUT2D eigenvalue weighted by Crippen LogP contribution is 2.46. The summed E-state index contributed by atoms with van der Waals surface area (Å²) in [5, 5.41) is 6.87. The molecule has 0 radical (unpaired) electrons. The first kappa shape index (κ1) is 29.8. The summed E-state index contributed by atoms with van der Waals surface area (Å²) in [5.74, 6) is 0. The molecule has 0 aliphatic carbocycles. The van der Waals surface area contributed by atoms with Gasteiger partial charge in [0.15, 0.2) is 0 Å². The van der Waals surface area contributed by atoms with Gasteiger partial charge >= 0.3 is 0 Å². The second-order valence-electron chi connectivity index (χ2n) is 13.6. The molecule has 0 fully saturated rings. The Morgan fingerprint density at radius 1 is 0.415 bits per heavy atom. The Morgan fingerprint density at radius 3 is 1.70 bits per heavy atom. The van der Waals surface area contributed by atoms with Crippen molar-refractivity contribution in [3.8, 4) is 39.1 Å². The molecule has 0 spiro atoms. The van der Waals surface area contributed by atoms with E-state index < -0.39 is 0 Å². The van der Waals surface area contributed by atoms with Gasteiger partial charge in [0, 0.05) is 31.6 Å². The smallest absolute Gasteiger partial charge is 0.205 e. The third-order valence-electron chi connectivity index (χ3n) is 10.6. The van der Waals surface area contributed by atoms with Crippen molar-refractivity contribution in [1.82, 2.24) is 4.57 Å². The first-order chi connectivity index (χ1) is 26.2. The number of fused-ring (bicyclic) bond motifs is 9. The molecule has 4 heteroatoms. The molecule has 0 unspecified atom stereocenters. The van der Waals surface area contributed by atoms with E-state index in [1.807, 2.05) is 24.3 Å². The van der Waals surface area contributed by atoms with Crippen molar-refractivity contribution in [2.45, 2.75) is 0 Å². The number of hydrogen-bond donors (Lipinski definition) is 0. The summed E-state index contributed by atoms with van der Waals surface area (Å²) in [6.45, 7) is 8.26. The molecule has 0 saturated carbocycles. The fourth-order valence-electron chi connectivity index (χ4n) is 8.10. The fraction of sp³-hybridized carbons (Fsp3) is 0. The molecule has 246 valence electrons. The highest BCUT2D eigenvalue weighted by atomic mass is 32.1. The number of hydrogen-bond acceptors (Lipinski definition) is 2. The summed E-state index contributed by atoms with van der Waals surface area (Å²) in [6, 6.07) is 60.3. The number of aromatic nitrogens is 1. The van der Waals surface area contributed by atoms with E-state index in [0.29, 0.717) is 5.69 Å². The zero-order valence-electron chi connectivity index (χ0n) is 28.4. The topological polar surface area (TPSA) is 22.4 Å². The first-order valence-electron chi connectivity index (χ1n) is 17.7. The summed E-state index contributed by atoms with van der Waals surface area (Å²) in [7, 11) is 0. The molecule has 0 atom stereocenters. The monoisotopic (exact) mass is 692 g/mol. The molecule has 0 saturated heterocycles. The number of rotatable bonds is 4. The van der Waals surface area contributed by atoms with E-state index >= 15 is 0 Å². The van der Waals surface area contributed by atoms with Gasteiger partial charge in [-0.15, -0.1) is 11.3 Å². The van der Waals surface area contributed by atoms with Crippen LogP contribution < -0.4 is 0 Å². The molecule has 3 nitrogen and oxygen atoms in total. The summed E-state index contributed by atoms with van der Waals surface area (Å²) >= 11 is 1.71. The van der Waals surface area contributed by atoms with E-state index in [9.17, 15) is 0 Å². The van der Waals surface area contributed by atoms with Gasteiger partial charge in [0.2, 0.25) is 5.69 Å². The third-order valence-corrected chi connectivity index (χ3v) is 11.9. The zero-order valence-corrected chi connectivity index (χ0v) is 29.2. The highest BCUT2D eigenvalue weighted by molar-refractivity contribution is 7.26. The molecule has 11 aromatic rings. The van der Waals surface area contributed by atoms with Gasteiger partial charge < -0.3 is 8.98 Å². The van der Waals surface area contributed by atoms with Crippen LogP contribution in [0.2, 0.25) is 0 Å². The molecule has 0 aliphatic rings. The third kappa shape index (κ3) is 4.58. The van der Waals surface area contributed by atoms with Gasteiger partial charge in [-0.05, 0) is 99.4 Å². The maximum atomic E-state index is 8.26. The van der Waals surface area contributed by atoms with E-state index in [4.69, 9.17) is 11.0 Å². The normalized spacial score (nSPS) is 11.8. The van der Waals surface area contributed by atoms with E-state index in [-0.39, 0.29) is 0 Å². The van der Waals surface area contributed by atoms with Gasteiger partial charge in [0.25, 0.3) is 0 Å². The zero-order chi connectivity index (χ0) is 35.0. The SMILES string of the molecule is [C-]#[N+]c1cc(-c2ccc3c(c2)oc2ccccc23)cc2c1sc1c(-n3c4ccc(-c5ccccc5)cc4c4cc(-c5ccccc5)ccc43)cccc12. The lowest BCUT2D eigenvalue weighted by molar-refractivity contribution is 0.669. The second-order valence-corrected chi connectivity index (χ2v) is 14.6. The van der Waals surface area contributed by atoms with Crippen molar-refractivity contribution in [3.63, 3.8) is 0 Å². The minimum absolute atomic E-state index is 0.664. The molecule has 0 N–H and O–H groups in total. The Morgan fingerprint density at radius 2 is 1.00 bits per heavy atom. The van der Waals surface area contributed by atoms with Crippen LogP contribution in [0.3, 0.4) is 0 Å². The van der Waals surface area contributed by atoms with Crippen LogP contribution in [0.15, 0.2) is 174 Å². The minimum Gasteiger partial charge on any atom is -0.456 e. The molecular weight excluding hydrogens is 665 g/mol. The fourth-order valence-corrected chi connectivity index (χ4v) is 9.35. The summed E-state index contributed by atoms with van der Waals surface area (Å²) in [4.78, 5) is 4.08. The van der Waals surface area contributed by atoms with Crippen molar-refractivity contribution in [2.75, 3.05) is 0 Å². The Balaban J connectivity index is 1.14. The average molecular weight is 693 g/mol. The number of benzene rings is 8. The predicted molar refractivity (Wildman–Crippen MR) is 224 cm³/mol. The quantitative estimate of drug-likeness (QED) is 0.168. The van der Waals surface area contributed by atoms with Gasteiger partial charge in [-0.2, -0.15) is 0 Å². The van der Waals surface area contributed by atoms with Crippen LogP contribution in [-0.4, -0.2) is 4.57 Å². The lowest BCUT2D eigenvalue weighted by Gasteiger charge is -2.10. The first-order valence-corrected chi connectivity index (χ1v) is 18.5. The maximum Gasteiger partial charge on any atom is 0.205 e. The minimum atomic E-state index is 0.664. The van der Waals surface area contributed by atoms with E-state index in [1.54, 1.807) is 11.3 Å². The average Bonchev–Trinajstić information content (AvgIpc) is 3.90. The summed E-state index contributed by atoms with van der Waals surface area (Å²) in [5.41, 5.74) is 12.6. The predicted octanol–water partition coefficient (Wildman–Crippen LogP) is 14.6. The van der Waals surface area contributed by atoms with E-state index in [1.165, 1.54) is 33.0 Å². The second kappa shape index (κ2) is 11.5. The Kier molecular flexibility index (Phi) is 6.48. The van der Waals surface area contributed by atoms with Crippen LogP contribution in [0.1, 0.15) is 0 Å². The molecule has 11 rings (SSSR count). The number of furan rings is 1. The molecular formula is C49H28N2OS. The largest absolute Gasteiger partial charge is 0.456 e. The van der Waals surface area contributed by atoms with E-state index in [0.717, 1.165) is 70.0 Å². The van der Waals surface area contributed by atoms with E-state index in [2.05, 4.69) is 155 Å².